The molecule has 272 valence electrons. The molecule has 0 aliphatic carbocycles. The molecule has 0 unspecified atom stereocenters. The number of nitrogens with one attached hydrogen (secondary N) is 1. The molecule has 0 saturated carbocycles. The Balaban J connectivity index is 0.00000240. The van der Waals surface area contributed by atoms with Crippen LogP contribution in [0.2, 0.25) is 0 Å². The minimum absolute atomic E-state index is 0. The Morgan fingerprint density at radius 2 is 1.04 bits per heavy atom. The summed E-state index contributed by atoms with van der Waals surface area (Å²) in [6, 6.07) is 29.5. The molecule has 7 rings (SSSR count). The normalized spacial score (nSPS) is 12.1. The van der Waals surface area contributed by atoms with Crippen LogP contribution in [0.3, 0.4) is 0 Å². The van der Waals surface area contributed by atoms with E-state index in [-0.39, 0.29) is 127 Å². The van der Waals surface area contributed by atoms with Crippen molar-refractivity contribution in [1.82, 2.24) is 0 Å². The molecule has 0 spiro atoms. The Labute approximate surface area is 392 Å². The zero-order chi connectivity index (χ0) is 38.4. The molecule has 15 nitrogen and oxygen atoms in total. The van der Waals surface area contributed by atoms with Crippen molar-refractivity contribution in [3.63, 3.8) is 0 Å². The van der Waals surface area contributed by atoms with Gasteiger partial charge in [-0.2, -0.15) is 8.42 Å². The van der Waals surface area contributed by atoms with Crippen LogP contribution in [-0.4, -0.2) is 38.9 Å². The van der Waals surface area contributed by atoms with Gasteiger partial charge in [0.15, 0.2) is 0 Å². The van der Waals surface area contributed by atoms with Crippen molar-refractivity contribution in [3.8, 4) is 5.75 Å². The van der Waals surface area contributed by atoms with Gasteiger partial charge in [-0.05, 0) is 77.5 Å². The van der Waals surface area contributed by atoms with Crippen LogP contribution in [0, 0.1) is 0 Å². The zero-order valence-electron chi connectivity index (χ0n) is 30.2. The van der Waals surface area contributed by atoms with Crippen molar-refractivity contribution >= 4 is 96.8 Å². The van der Waals surface area contributed by atoms with Gasteiger partial charge < -0.3 is 19.5 Å². The van der Waals surface area contributed by atoms with Crippen molar-refractivity contribution in [2.75, 3.05) is 5.32 Å². The molecule has 7 aromatic rings. The zero-order valence-corrected chi connectivity index (χ0v) is 38.6. The molecule has 2 N–H and O–H groups in total. The Morgan fingerprint density at radius 3 is 1.61 bits per heavy atom. The molecule has 0 amide bonds. The number of para-hydroxylation sites is 1. The van der Waals surface area contributed by atoms with E-state index in [1.807, 2.05) is 30.3 Å². The van der Waals surface area contributed by atoms with Crippen LogP contribution >= 0.6 is 0 Å². The molecule has 0 aliphatic heterocycles. The van der Waals surface area contributed by atoms with E-state index in [1.54, 1.807) is 36.4 Å². The largest absolute Gasteiger partial charge is 1.00 e. The second-order valence-corrected chi connectivity index (χ2v) is 15.8. The summed E-state index contributed by atoms with van der Waals surface area (Å²) in [7, 11) is -14.9. The van der Waals surface area contributed by atoms with Crippen LogP contribution in [0.15, 0.2) is 156 Å². The van der Waals surface area contributed by atoms with E-state index >= 15 is 0 Å². The maximum absolute atomic E-state index is 13.6. The summed E-state index contributed by atoms with van der Waals surface area (Å²) in [5, 5.41) is 34.3. The summed E-state index contributed by atoms with van der Waals surface area (Å²) >= 11 is 0. The van der Waals surface area contributed by atoms with Gasteiger partial charge in [-0.15, -0.1) is 20.5 Å². The second kappa shape index (κ2) is 18.4. The topological polar surface area (TPSA) is 253 Å². The number of anilines is 2. The molecule has 0 heterocycles. The predicted molar refractivity (Wildman–Crippen MR) is 195 cm³/mol. The number of benzene rings is 7. The molecule has 0 saturated heterocycles. The monoisotopic (exact) mass is 849 g/mol. The Bertz CT molecular complexity index is 3080. The standard InChI is InChI=1S/C36H25N5O10S3.3Na/c42-36-25-12-10-23(37-22-6-2-1-3-7-22)18-21(25)19-34(54(49,50)51)35(36)41-40-31-15-14-30(26-8-4-5-9-27(26)31)38-39-32-16-17-33(53(46,47)48)28-13-11-24(20-29(28)32)52(43,44)45;;;/h1-20,37,42H,(H,43,44,45)(H,46,47,48)(H,49,50,51);;;/q;3*+1/p-3. The third kappa shape index (κ3) is 10.2. The number of hydrogen-bond donors (Lipinski definition) is 2. The summed E-state index contributed by atoms with van der Waals surface area (Å²) in [5.41, 5.74) is 1.06. The average Bonchev–Trinajstić information content (AvgIpc) is 3.12. The average molecular weight is 850 g/mol. The maximum atomic E-state index is 13.6. The Kier molecular flexibility index (Phi) is 15.0. The van der Waals surface area contributed by atoms with Crippen LogP contribution in [-0.2, 0) is 30.4 Å². The quantitative estimate of drug-likeness (QED) is 0.0998. The van der Waals surface area contributed by atoms with Crippen LogP contribution in [0.1, 0.15) is 0 Å². The van der Waals surface area contributed by atoms with Crippen molar-refractivity contribution in [1.29, 1.82) is 0 Å². The van der Waals surface area contributed by atoms with E-state index in [9.17, 15) is 44.0 Å². The molecular formula is C36H22N5Na3O10S3. The first-order valence-electron chi connectivity index (χ1n) is 15.5. The van der Waals surface area contributed by atoms with Crippen LogP contribution in [0.25, 0.3) is 32.3 Å². The fraction of sp³-hybridized carbons (Fsp3) is 0. The molecule has 0 aliphatic rings. The summed E-state index contributed by atoms with van der Waals surface area (Å²) in [6.07, 6.45) is 0. The number of nitrogens with zero attached hydrogens (tertiary/aromatic N) is 4. The first kappa shape index (κ1) is 46.5. The predicted octanol–water partition coefficient (Wildman–Crippen LogP) is -1.14. The molecule has 57 heavy (non-hydrogen) atoms. The summed E-state index contributed by atoms with van der Waals surface area (Å²) in [6.45, 7) is 0. The first-order chi connectivity index (χ1) is 25.6. The maximum Gasteiger partial charge on any atom is 1.00 e. The van der Waals surface area contributed by atoms with Gasteiger partial charge in [-0.1, -0.05) is 60.3 Å². The van der Waals surface area contributed by atoms with E-state index in [0.29, 0.717) is 16.5 Å². The molecule has 0 radical (unpaired) electrons. The van der Waals surface area contributed by atoms with Crippen molar-refractivity contribution in [3.05, 3.63) is 121 Å². The molecule has 21 heteroatoms. The summed E-state index contributed by atoms with van der Waals surface area (Å²) in [4.78, 5) is -2.07. The van der Waals surface area contributed by atoms with Gasteiger partial charge in [0.2, 0.25) is 0 Å². The van der Waals surface area contributed by atoms with Gasteiger partial charge in [0.25, 0.3) is 10.1 Å². The molecule has 0 fully saturated rings. The number of fused-ring (bicyclic) bond motifs is 3. The third-order valence-electron chi connectivity index (χ3n) is 8.26. The number of hydrogen-bond acceptors (Lipinski definition) is 14. The van der Waals surface area contributed by atoms with E-state index in [0.717, 1.165) is 42.1 Å². The van der Waals surface area contributed by atoms with Gasteiger partial charge in [0.1, 0.15) is 25.1 Å². The molecule has 0 aromatic heterocycles. The smallest absolute Gasteiger partial charge is 0.871 e. The van der Waals surface area contributed by atoms with Gasteiger partial charge in [0.05, 0.1) is 32.5 Å². The van der Waals surface area contributed by atoms with E-state index in [1.165, 1.54) is 18.2 Å². The molecular weight excluding hydrogens is 828 g/mol. The third-order valence-corrected chi connectivity index (χ3v) is 10.8. The van der Waals surface area contributed by atoms with Crippen molar-refractivity contribution < 1.29 is 133 Å². The van der Waals surface area contributed by atoms with Crippen LogP contribution in [0.5, 0.6) is 5.75 Å². The van der Waals surface area contributed by atoms with Crippen LogP contribution in [0.4, 0.5) is 34.1 Å². The summed E-state index contributed by atoms with van der Waals surface area (Å²) < 4.78 is 106. The minimum Gasteiger partial charge on any atom is -0.871 e. The Hall–Kier alpha value is -3.15. The molecule has 0 bridgehead atoms. The van der Waals surface area contributed by atoms with Gasteiger partial charge in [-0.25, -0.2) is 16.8 Å². The van der Waals surface area contributed by atoms with E-state index in [4.69, 9.17) is 0 Å². The number of azo groups is 2. The summed E-state index contributed by atoms with van der Waals surface area (Å²) in [5.74, 6) is -0.791. The fourth-order valence-electron chi connectivity index (χ4n) is 5.79. The number of rotatable bonds is 9. The minimum atomic E-state index is -5.00. The molecule has 7 aromatic carbocycles. The molecule has 0 atom stereocenters. The van der Waals surface area contributed by atoms with E-state index in [2.05, 4.69) is 25.8 Å². The van der Waals surface area contributed by atoms with Gasteiger partial charge >= 0.3 is 88.7 Å². The van der Waals surface area contributed by atoms with E-state index < -0.39 is 56.5 Å². The van der Waals surface area contributed by atoms with Gasteiger partial charge in [-0.3, -0.25) is 4.55 Å². The fourth-order valence-corrected chi connectivity index (χ4v) is 7.63. The second-order valence-electron chi connectivity index (χ2n) is 11.7. The SMILES string of the molecule is O=S(=O)([O-])c1ccc2c(S(=O)(=O)[O-])ccc(N=Nc3ccc(N=Nc4c(S(=O)(=O)O)cc5cc(Nc6ccccc6)ccc5c4[O-])c4ccccc34)c2c1.[Na+].[Na+].[Na+]. The van der Waals surface area contributed by atoms with Crippen LogP contribution < -0.4 is 99.1 Å². The van der Waals surface area contributed by atoms with Crippen molar-refractivity contribution in [2.45, 2.75) is 14.7 Å². The Morgan fingerprint density at radius 1 is 0.491 bits per heavy atom. The van der Waals surface area contributed by atoms with Gasteiger partial charge in [0, 0.05) is 32.9 Å². The van der Waals surface area contributed by atoms with Crippen molar-refractivity contribution in [2.24, 2.45) is 20.5 Å². The first-order valence-corrected chi connectivity index (χ1v) is 19.7.